The Bertz CT molecular complexity index is 733. The van der Waals surface area contributed by atoms with E-state index < -0.39 is 10.0 Å². The van der Waals surface area contributed by atoms with E-state index in [-0.39, 0.29) is 0 Å². The summed E-state index contributed by atoms with van der Waals surface area (Å²) in [6, 6.07) is 3.42. The Hall–Kier alpha value is -0.480. The lowest BCUT2D eigenvalue weighted by molar-refractivity contribution is 0.385. The fourth-order valence-electron chi connectivity index (χ4n) is 2.17. The van der Waals surface area contributed by atoms with Gasteiger partial charge >= 0.3 is 0 Å². The molecule has 1 aliphatic heterocycles. The number of piperazine rings is 1. The first-order valence-electron chi connectivity index (χ1n) is 6.40. The highest BCUT2D eigenvalue weighted by molar-refractivity contribution is 9.11. The molecule has 3 heterocycles. The second kappa shape index (κ2) is 5.96. The maximum absolute atomic E-state index is 12.5. The van der Waals surface area contributed by atoms with E-state index in [1.54, 1.807) is 27.8 Å². The van der Waals surface area contributed by atoms with Gasteiger partial charge in [-0.3, -0.25) is 0 Å². The van der Waals surface area contributed by atoms with E-state index in [2.05, 4.69) is 25.8 Å². The van der Waals surface area contributed by atoms with Crippen molar-refractivity contribution in [2.45, 2.75) is 11.1 Å². The molecular weight excluding hydrogens is 394 g/mol. The predicted molar refractivity (Wildman–Crippen MR) is 89.8 cm³/mol. The summed E-state index contributed by atoms with van der Waals surface area (Å²) in [6.07, 6.45) is 1.85. The molecule has 0 radical (unpaired) electrons. The Labute approximate surface area is 140 Å². The zero-order chi connectivity index (χ0) is 15.0. The molecule has 9 heteroatoms. The Morgan fingerprint density at radius 2 is 1.90 bits per heavy atom. The quantitative estimate of drug-likeness (QED) is 0.784. The van der Waals surface area contributed by atoms with Crippen LogP contribution >= 0.6 is 38.6 Å². The minimum absolute atomic E-state index is 0.396. The topological polar surface area (TPSA) is 53.5 Å². The second-order valence-corrected chi connectivity index (χ2v) is 10.5. The minimum atomic E-state index is -3.36. The van der Waals surface area contributed by atoms with Crippen LogP contribution in [-0.4, -0.2) is 43.9 Å². The van der Waals surface area contributed by atoms with Crippen molar-refractivity contribution in [3.63, 3.8) is 0 Å². The Morgan fingerprint density at radius 1 is 1.19 bits per heavy atom. The van der Waals surface area contributed by atoms with Gasteiger partial charge in [-0.1, -0.05) is 0 Å². The van der Waals surface area contributed by atoms with E-state index in [0.29, 0.717) is 30.4 Å². The van der Waals surface area contributed by atoms with Crippen molar-refractivity contribution in [2.24, 2.45) is 0 Å². The number of thiazole rings is 1. The molecule has 0 unspecified atom stereocenters. The van der Waals surface area contributed by atoms with E-state index in [0.717, 1.165) is 8.92 Å². The van der Waals surface area contributed by atoms with Gasteiger partial charge in [-0.05, 0) is 35.0 Å². The fourth-order valence-corrected chi connectivity index (χ4v) is 6.57. The molecule has 2 aromatic rings. The summed E-state index contributed by atoms with van der Waals surface area (Å²) in [6.45, 7) is 4.38. The number of aromatic nitrogens is 1. The lowest BCUT2D eigenvalue weighted by Crippen LogP contribution is -2.48. The molecule has 0 N–H and O–H groups in total. The third-order valence-corrected chi connectivity index (χ3v) is 8.22. The predicted octanol–water partition coefficient (Wildman–Crippen LogP) is 2.79. The molecule has 1 saturated heterocycles. The number of sulfonamides is 1. The van der Waals surface area contributed by atoms with Crippen LogP contribution in [0.15, 0.2) is 26.3 Å². The number of hydrogen-bond acceptors (Lipinski definition) is 6. The van der Waals surface area contributed by atoms with Gasteiger partial charge in [0.2, 0.25) is 0 Å². The van der Waals surface area contributed by atoms with Gasteiger partial charge < -0.3 is 4.90 Å². The van der Waals surface area contributed by atoms with Crippen LogP contribution in [0.4, 0.5) is 5.13 Å². The molecule has 0 amide bonds. The van der Waals surface area contributed by atoms with Crippen LogP contribution in [0.3, 0.4) is 0 Å². The number of aryl methyl sites for hydroxylation is 1. The van der Waals surface area contributed by atoms with Crippen molar-refractivity contribution in [1.82, 2.24) is 9.29 Å². The summed E-state index contributed by atoms with van der Waals surface area (Å²) in [7, 11) is -3.36. The smallest absolute Gasteiger partial charge is 0.252 e. The van der Waals surface area contributed by atoms with Crippen LogP contribution in [0.5, 0.6) is 0 Å². The number of anilines is 1. The molecule has 0 aromatic carbocycles. The summed E-state index contributed by atoms with van der Waals surface area (Å²) in [5.41, 5.74) is 0. The molecule has 21 heavy (non-hydrogen) atoms. The lowest BCUT2D eigenvalue weighted by Gasteiger charge is -2.33. The largest absolute Gasteiger partial charge is 0.345 e. The summed E-state index contributed by atoms with van der Waals surface area (Å²) in [5.74, 6) is 0. The zero-order valence-corrected chi connectivity index (χ0v) is 15.4. The highest BCUT2D eigenvalue weighted by Crippen LogP contribution is 2.30. The monoisotopic (exact) mass is 407 g/mol. The van der Waals surface area contributed by atoms with Crippen LogP contribution in [0.2, 0.25) is 0 Å². The molecule has 0 bridgehead atoms. The molecule has 0 atom stereocenters. The van der Waals surface area contributed by atoms with Gasteiger partial charge in [0.15, 0.2) is 5.13 Å². The van der Waals surface area contributed by atoms with E-state index in [1.165, 1.54) is 16.2 Å². The Kier molecular flexibility index (Phi) is 4.37. The lowest BCUT2D eigenvalue weighted by atomic mass is 10.4. The molecule has 1 fully saturated rings. The van der Waals surface area contributed by atoms with Gasteiger partial charge in [0.05, 0.1) is 3.79 Å². The van der Waals surface area contributed by atoms with Crippen molar-refractivity contribution in [2.75, 3.05) is 31.1 Å². The van der Waals surface area contributed by atoms with Crippen molar-refractivity contribution in [1.29, 1.82) is 0 Å². The van der Waals surface area contributed by atoms with Crippen molar-refractivity contribution in [3.8, 4) is 0 Å². The Balaban J connectivity index is 1.71. The fraction of sp³-hybridized carbons (Fsp3) is 0.417. The van der Waals surface area contributed by atoms with Crippen molar-refractivity contribution < 1.29 is 8.42 Å². The number of thiophene rings is 1. The second-order valence-electron chi connectivity index (χ2n) is 4.70. The number of hydrogen-bond donors (Lipinski definition) is 0. The van der Waals surface area contributed by atoms with Crippen molar-refractivity contribution in [3.05, 3.63) is 27.0 Å². The Morgan fingerprint density at radius 3 is 2.43 bits per heavy atom. The highest BCUT2D eigenvalue weighted by atomic mass is 79.9. The molecule has 3 rings (SSSR count). The first kappa shape index (κ1) is 15.4. The minimum Gasteiger partial charge on any atom is -0.345 e. The average Bonchev–Trinajstić information content (AvgIpc) is 3.08. The summed E-state index contributed by atoms with van der Waals surface area (Å²) in [4.78, 5) is 7.68. The molecule has 0 aliphatic carbocycles. The molecule has 1 aliphatic rings. The SMILES string of the molecule is Cc1cnc(N2CCN(S(=O)(=O)c3ccc(Br)s3)CC2)s1. The molecule has 0 spiro atoms. The van der Waals surface area contributed by atoms with Gasteiger partial charge in [-0.2, -0.15) is 4.31 Å². The van der Waals surface area contributed by atoms with Gasteiger partial charge in [0.1, 0.15) is 4.21 Å². The zero-order valence-electron chi connectivity index (χ0n) is 11.3. The maximum Gasteiger partial charge on any atom is 0.252 e. The third-order valence-electron chi connectivity index (χ3n) is 3.26. The van der Waals surface area contributed by atoms with Crippen LogP contribution in [0.1, 0.15) is 4.88 Å². The summed E-state index contributed by atoms with van der Waals surface area (Å²) in [5, 5.41) is 0.975. The highest BCUT2D eigenvalue weighted by Gasteiger charge is 2.30. The summed E-state index contributed by atoms with van der Waals surface area (Å²) >= 11 is 6.21. The standard InChI is InChI=1S/C12H14BrN3O2S3/c1-9-8-14-12(19-9)15-4-6-16(7-5-15)21(17,18)11-3-2-10(13)20-11/h2-3,8H,4-7H2,1H3. The van der Waals surface area contributed by atoms with Gasteiger partial charge in [-0.15, -0.1) is 22.7 Å². The first-order chi connectivity index (χ1) is 9.96. The molecule has 2 aromatic heterocycles. The van der Waals surface area contributed by atoms with Crippen molar-refractivity contribution >= 4 is 53.8 Å². The maximum atomic E-state index is 12.5. The van der Waals surface area contributed by atoms with Gasteiger partial charge in [0, 0.05) is 37.3 Å². The normalized spacial score (nSPS) is 17.3. The van der Waals surface area contributed by atoms with E-state index in [1.807, 2.05) is 13.1 Å². The summed E-state index contributed by atoms with van der Waals surface area (Å²) < 4.78 is 27.8. The molecule has 0 saturated carbocycles. The van der Waals surface area contributed by atoms with Gasteiger partial charge in [0.25, 0.3) is 10.0 Å². The van der Waals surface area contributed by atoms with E-state index in [4.69, 9.17) is 0 Å². The first-order valence-corrected chi connectivity index (χ1v) is 10.3. The van der Waals surface area contributed by atoms with Crippen LogP contribution < -0.4 is 4.90 Å². The van der Waals surface area contributed by atoms with E-state index >= 15 is 0 Å². The third kappa shape index (κ3) is 3.16. The number of rotatable bonds is 3. The molecule has 5 nitrogen and oxygen atoms in total. The number of halogens is 1. The van der Waals surface area contributed by atoms with Gasteiger partial charge in [-0.25, -0.2) is 13.4 Å². The molecule has 114 valence electrons. The number of nitrogens with zero attached hydrogens (tertiary/aromatic N) is 3. The average molecular weight is 408 g/mol. The van der Waals surface area contributed by atoms with E-state index in [9.17, 15) is 8.42 Å². The van der Waals surface area contributed by atoms with Crippen LogP contribution in [-0.2, 0) is 10.0 Å². The van der Waals surface area contributed by atoms with Crippen LogP contribution in [0, 0.1) is 6.92 Å². The molecular formula is C12H14BrN3O2S3. The van der Waals surface area contributed by atoms with Crippen LogP contribution in [0.25, 0.3) is 0 Å².